The third kappa shape index (κ3) is 5.12. The van der Waals surface area contributed by atoms with Crippen LogP contribution >= 0.6 is 11.8 Å². The summed E-state index contributed by atoms with van der Waals surface area (Å²) in [6.45, 7) is 0.804. The normalized spacial score (nSPS) is 19.1. The highest BCUT2D eigenvalue weighted by Gasteiger charge is 2.12. The number of primary amides is 1. The van der Waals surface area contributed by atoms with Crippen molar-refractivity contribution in [2.75, 3.05) is 18.1 Å². The van der Waals surface area contributed by atoms with Crippen molar-refractivity contribution in [3.05, 3.63) is 29.8 Å². The van der Waals surface area contributed by atoms with E-state index in [1.54, 1.807) is 0 Å². The monoisotopic (exact) mass is 280 g/mol. The van der Waals surface area contributed by atoms with Crippen LogP contribution in [0.15, 0.2) is 24.3 Å². The summed E-state index contributed by atoms with van der Waals surface area (Å²) in [4.78, 5) is 10.6. The van der Waals surface area contributed by atoms with Gasteiger partial charge in [-0.05, 0) is 36.3 Å². The maximum Gasteiger partial charge on any atom is 0.255 e. The zero-order chi connectivity index (χ0) is 13.5. The molecule has 3 N–H and O–H groups in total. The lowest BCUT2D eigenvalue weighted by Crippen LogP contribution is -2.33. The Hall–Kier alpha value is -1.20. The molecule has 0 radical (unpaired) electrons. The van der Waals surface area contributed by atoms with E-state index < -0.39 is 5.91 Å². The number of thioether (sulfide) groups is 1. The summed E-state index contributed by atoms with van der Waals surface area (Å²) < 4.78 is 5.22. The molecule has 1 saturated heterocycles. The quantitative estimate of drug-likeness (QED) is 0.829. The van der Waals surface area contributed by atoms with Crippen molar-refractivity contribution >= 4 is 17.7 Å². The molecule has 1 aliphatic heterocycles. The predicted molar refractivity (Wildman–Crippen MR) is 78.3 cm³/mol. The van der Waals surface area contributed by atoms with Gasteiger partial charge >= 0.3 is 0 Å². The predicted octanol–water partition coefficient (Wildman–Crippen LogP) is 1.54. The number of carbonyl (C=O) groups is 1. The highest BCUT2D eigenvalue weighted by molar-refractivity contribution is 7.99. The summed E-state index contributed by atoms with van der Waals surface area (Å²) in [5.74, 6) is 2.72. The number of nitrogens with one attached hydrogen (secondary N) is 1. The van der Waals surface area contributed by atoms with E-state index in [0.717, 1.165) is 6.54 Å². The smallest absolute Gasteiger partial charge is 0.255 e. The molecule has 0 aromatic heterocycles. The van der Waals surface area contributed by atoms with Crippen LogP contribution in [0.3, 0.4) is 0 Å². The van der Waals surface area contributed by atoms with Crippen LogP contribution in [0.5, 0.6) is 5.75 Å². The summed E-state index contributed by atoms with van der Waals surface area (Å²) >= 11 is 2.02. The molecule has 1 heterocycles. The molecule has 0 bridgehead atoms. The minimum Gasteiger partial charge on any atom is -0.484 e. The molecular formula is C14H20N2O2S. The molecule has 1 amide bonds. The fraction of sp³-hybridized carbons (Fsp3) is 0.500. The fourth-order valence-electron chi connectivity index (χ4n) is 2.02. The lowest BCUT2D eigenvalue weighted by Gasteiger charge is -2.22. The van der Waals surface area contributed by atoms with Gasteiger partial charge in [-0.15, -0.1) is 0 Å². The third-order valence-electron chi connectivity index (χ3n) is 3.06. The number of hydrogen-bond donors (Lipinski definition) is 2. The second-order valence-corrected chi connectivity index (χ2v) is 5.84. The van der Waals surface area contributed by atoms with Gasteiger partial charge in [-0.2, -0.15) is 11.8 Å². The molecule has 0 aliphatic carbocycles. The highest BCUT2D eigenvalue weighted by atomic mass is 32.2. The Labute approximate surface area is 118 Å². The molecule has 1 aromatic rings. The van der Waals surface area contributed by atoms with E-state index in [9.17, 15) is 4.79 Å². The number of ether oxygens (including phenoxy) is 1. The molecule has 2 rings (SSSR count). The van der Waals surface area contributed by atoms with Crippen LogP contribution in [0.25, 0.3) is 0 Å². The minimum atomic E-state index is -0.458. The van der Waals surface area contributed by atoms with Gasteiger partial charge in [-0.3, -0.25) is 4.79 Å². The van der Waals surface area contributed by atoms with Crippen LogP contribution in [-0.4, -0.2) is 30.1 Å². The van der Waals surface area contributed by atoms with Crippen LogP contribution in [0.4, 0.5) is 0 Å². The topological polar surface area (TPSA) is 64.4 Å². The fourth-order valence-corrected chi connectivity index (χ4v) is 3.13. The summed E-state index contributed by atoms with van der Waals surface area (Å²) in [6.07, 6.45) is 2.58. The van der Waals surface area contributed by atoms with E-state index in [1.165, 1.54) is 29.9 Å². The maximum atomic E-state index is 10.6. The largest absolute Gasteiger partial charge is 0.484 e. The first-order valence-corrected chi connectivity index (χ1v) is 7.70. The van der Waals surface area contributed by atoms with Crippen molar-refractivity contribution in [3.8, 4) is 5.75 Å². The molecular weight excluding hydrogens is 260 g/mol. The van der Waals surface area contributed by atoms with Gasteiger partial charge in [0.15, 0.2) is 6.61 Å². The Kier molecular flexibility index (Phi) is 5.54. The van der Waals surface area contributed by atoms with E-state index in [4.69, 9.17) is 10.5 Å². The summed E-state index contributed by atoms with van der Waals surface area (Å²) in [7, 11) is 0. The second kappa shape index (κ2) is 7.40. The second-order valence-electron chi connectivity index (χ2n) is 4.69. The molecule has 1 unspecified atom stereocenters. The summed E-state index contributed by atoms with van der Waals surface area (Å²) in [5, 5.41) is 3.57. The van der Waals surface area contributed by atoms with E-state index in [0.29, 0.717) is 11.8 Å². The Morgan fingerprint density at radius 2 is 2.21 bits per heavy atom. The maximum absolute atomic E-state index is 10.6. The summed E-state index contributed by atoms with van der Waals surface area (Å²) in [6, 6.07) is 8.40. The van der Waals surface area contributed by atoms with Gasteiger partial charge in [0.1, 0.15) is 5.75 Å². The first-order chi connectivity index (χ1) is 9.24. The van der Waals surface area contributed by atoms with Gasteiger partial charge < -0.3 is 15.8 Å². The van der Waals surface area contributed by atoms with Crippen molar-refractivity contribution in [2.45, 2.75) is 25.4 Å². The van der Waals surface area contributed by atoms with E-state index >= 15 is 0 Å². The molecule has 1 aliphatic rings. The lowest BCUT2D eigenvalue weighted by molar-refractivity contribution is -0.119. The van der Waals surface area contributed by atoms with Gasteiger partial charge in [0.25, 0.3) is 5.91 Å². The standard InChI is InChI=1S/C14H20N2O2S/c15-14(17)9-18-13-5-3-11(4-6-13)8-16-12-2-1-7-19-10-12/h3-6,12,16H,1-2,7-10H2,(H2,15,17). The Morgan fingerprint density at radius 1 is 1.42 bits per heavy atom. The Morgan fingerprint density at radius 3 is 2.84 bits per heavy atom. The summed E-state index contributed by atoms with van der Waals surface area (Å²) in [5.41, 5.74) is 6.25. The van der Waals surface area contributed by atoms with Gasteiger partial charge in [0.05, 0.1) is 0 Å². The minimum absolute atomic E-state index is 0.0725. The first kappa shape index (κ1) is 14.2. The molecule has 4 nitrogen and oxygen atoms in total. The van der Waals surface area contributed by atoms with Crippen LogP contribution in [-0.2, 0) is 11.3 Å². The third-order valence-corrected chi connectivity index (χ3v) is 4.28. The number of amides is 1. The van der Waals surface area contributed by atoms with Crippen molar-refractivity contribution in [2.24, 2.45) is 5.73 Å². The van der Waals surface area contributed by atoms with Crippen molar-refractivity contribution in [1.29, 1.82) is 0 Å². The molecule has 104 valence electrons. The van der Waals surface area contributed by atoms with E-state index in [-0.39, 0.29) is 6.61 Å². The number of rotatable bonds is 6. The molecule has 1 aromatic carbocycles. The molecule has 5 heteroatoms. The molecule has 0 saturated carbocycles. The number of carbonyl (C=O) groups excluding carboxylic acids is 1. The SMILES string of the molecule is NC(=O)COc1ccc(CNC2CCCSC2)cc1. The molecule has 1 atom stereocenters. The van der Waals surface area contributed by atoms with Crippen molar-refractivity contribution < 1.29 is 9.53 Å². The Bertz CT molecular complexity index is 402. The van der Waals surface area contributed by atoms with Crippen LogP contribution in [0.2, 0.25) is 0 Å². The molecule has 19 heavy (non-hydrogen) atoms. The van der Waals surface area contributed by atoms with Crippen LogP contribution in [0, 0.1) is 0 Å². The lowest BCUT2D eigenvalue weighted by atomic mass is 10.1. The van der Waals surface area contributed by atoms with Gasteiger partial charge in [-0.25, -0.2) is 0 Å². The average molecular weight is 280 g/mol. The highest BCUT2D eigenvalue weighted by Crippen LogP contribution is 2.18. The van der Waals surface area contributed by atoms with Gasteiger partial charge in [0.2, 0.25) is 0 Å². The molecule has 0 spiro atoms. The average Bonchev–Trinajstić information content (AvgIpc) is 2.45. The molecule has 1 fully saturated rings. The van der Waals surface area contributed by atoms with E-state index in [1.807, 2.05) is 36.0 Å². The Balaban J connectivity index is 1.76. The number of benzene rings is 1. The van der Waals surface area contributed by atoms with E-state index in [2.05, 4.69) is 5.32 Å². The zero-order valence-electron chi connectivity index (χ0n) is 10.9. The van der Waals surface area contributed by atoms with Crippen LogP contribution in [0.1, 0.15) is 18.4 Å². The van der Waals surface area contributed by atoms with Crippen molar-refractivity contribution in [3.63, 3.8) is 0 Å². The zero-order valence-corrected chi connectivity index (χ0v) is 11.7. The first-order valence-electron chi connectivity index (χ1n) is 6.55. The number of hydrogen-bond acceptors (Lipinski definition) is 4. The van der Waals surface area contributed by atoms with Gasteiger partial charge in [0, 0.05) is 18.3 Å². The van der Waals surface area contributed by atoms with Gasteiger partial charge in [-0.1, -0.05) is 12.1 Å². The number of nitrogens with two attached hydrogens (primary N) is 1. The van der Waals surface area contributed by atoms with Crippen molar-refractivity contribution in [1.82, 2.24) is 5.32 Å². The van der Waals surface area contributed by atoms with Crippen LogP contribution < -0.4 is 15.8 Å².